The topological polar surface area (TPSA) is 98.5 Å². The Hall–Kier alpha value is -2.92. The Morgan fingerprint density at radius 3 is 2.88 bits per heavy atom. The number of ether oxygens (including phenoxy) is 3. The number of aryl methyl sites for hydroxylation is 1. The van der Waals surface area contributed by atoms with Crippen LogP contribution in [0, 0.1) is 18.3 Å². The zero-order chi connectivity index (χ0) is 17.8. The number of Topliss-reactive ketones (excluding diaryl/α,β-unsaturated/α-hetero) is 1. The summed E-state index contributed by atoms with van der Waals surface area (Å²) in [6.45, 7) is 1.26. The quantitative estimate of drug-likeness (QED) is 0.754. The molecule has 0 amide bonds. The summed E-state index contributed by atoms with van der Waals surface area (Å²) in [6.07, 6.45) is -0.953. The summed E-state index contributed by atoms with van der Waals surface area (Å²) in [5.74, 6) is -1.30. The fraction of sp³-hybridized carbons (Fsp3) is 0.294. The third kappa shape index (κ3) is 3.78. The van der Waals surface area contributed by atoms with Gasteiger partial charge in [0, 0.05) is 11.1 Å². The lowest BCUT2D eigenvalue weighted by Gasteiger charge is -2.24. The Bertz CT molecular complexity index is 842. The number of thiazole rings is 1. The fourth-order valence-corrected chi connectivity index (χ4v) is 3.08. The molecule has 0 saturated heterocycles. The van der Waals surface area contributed by atoms with E-state index in [1.54, 1.807) is 36.6 Å². The van der Waals surface area contributed by atoms with E-state index in [1.165, 1.54) is 11.3 Å². The van der Waals surface area contributed by atoms with Crippen molar-refractivity contribution in [3.8, 4) is 17.6 Å². The molecule has 1 aliphatic rings. The predicted molar refractivity (Wildman–Crippen MR) is 87.5 cm³/mol. The smallest absolute Gasteiger partial charge is 0.351 e. The summed E-state index contributed by atoms with van der Waals surface area (Å²) >= 11 is 1.23. The van der Waals surface area contributed by atoms with E-state index in [0.29, 0.717) is 16.5 Å². The molecule has 1 aromatic carbocycles. The van der Waals surface area contributed by atoms with Crippen LogP contribution >= 0.6 is 11.3 Å². The van der Waals surface area contributed by atoms with Crippen LogP contribution in [0.25, 0.3) is 0 Å². The van der Waals surface area contributed by atoms with Gasteiger partial charge in [0.2, 0.25) is 6.10 Å². The van der Waals surface area contributed by atoms with Crippen molar-refractivity contribution in [1.82, 2.24) is 4.98 Å². The largest absolute Gasteiger partial charge is 0.485 e. The first-order valence-corrected chi connectivity index (χ1v) is 8.36. The van der Waals surface area contributed by atoms with E-state index in [4.69, 9.17) is 14.2 Å². The number of nitriles is 1. The second-order valence-corrected chi connectivity index (χ2v) is 6.22. The molecule has 8 heteroatoms. The lowest BCUT2D eigenvalue weighted by Crippen LogP contribution is -2.38. The van der Waals surface area contributed by atoms with Crippen molar-refractivity contribution in [3.05, 3.63) is 40.3 Å². The van der Waals surface area contributed by atoms with Crippen molar-refractivity contribution in [2.24, 2.45) is 0 Å². The number of carbonyl (C=O) groups excluding carboxylic acids is 2. The average Bonchev–Trinajstić information content (AvgIpc) is 3.05. The Kier molecular flexibility index (Phi) is 4.95. The van der Waals surface area contributed by atoms with Gasteiger partial charge in [-0.25, -0.2) is 9.78 Å². The van der Waals surface area contributed by atoms with Gasteiger partial charge in [0.1, 0.15) is 11.6 Å². The first kappa shape index (κ1) is 16.9. The van der Waals surface area contributed by atoms with E-state index in [2.05, 4.69) is 4.98 Å². The molecule has 3 rings (SSSR count). The minimum absolute atomic E-state index is 0.00259. The van der Waals surface area contributed by atoms with Crippen molar-refractivity contribution >= 4 is 23.1 Å². The highest BCUT2D eigenvalue weighted by molar-refractivity contribution is 7.09. The number of hydrogen-bond donors (Lipinski definition) is 0. The maximum absolute atomic E-state index is 12.2. The minimum atomic E-state index is -1.05. The molecule has 128 valence electrons. The van der Waals surface area contributed by atoms with E-state index >= 15 is 0 Å². The first-order chi connectivity index (χ1) is 12.1. The number of aromatic nitrogens is 1. The minimum Gasteiger partial charge on any atom is -0.485 e. The van der Waals surface area contributed by atoms with Crippen LogP contribution in [0.2, 0.25) is 0 Å². The third-order valence-electron chi connectivity index (χ3n) is 3.46. The van der Waals surface area contributed by atoms with Crippen molar-refractivity contribution in [2.45, 2.75) is 18.9 Å². The monoisotopic (exact) mass is 358 g/mol. The zero-order valence-electron chi connectivity index (χ0n) is 13.3. The SMILES string of the molecule is Cc1csc([C@H](C#N)C(=O)COC(=O)[C@@H]2COc3ccccc3O2)n1. The molecule has 2 heterocycles. The predicted octanol–water partition coefficient (Wildman–Crippen LogP) is 2.01. The van der Waals surface area contributed by atoms with E-state index in [0.717, 1.165) is 5.69 Å². The van der Waals surface area contributed by atoms with Gasteiger partial charge in [-0.05, 0) is 19.1 Å². The number of carbonyl (C=O) groups is 2. The van der Waals surface area contributed by atoms with E-state index in [1.807, 2.05) is 6.07 Å². The van der Waals surface area contributed by atoms with Crippen molar-refractivity contribution in [3.63, 3.8) is 0 Å². The molecule has 0 saturated carbocycles. The zero-order valence-corrected chi connectivity index (χ0v) is 14.1. The molecular formula is C17H14N2O5S. The number of rotatable bonds is 5. The van der Waals surface area contributed by atoms with Gasteiger partial charge >= 0.3 is 5.97 Å². The third-order valence-corrected chi connectivity index (χ3v) is 4.49. The van der Waals surface area contributed by atoms with Gasteiger partial charge < -0.3 is 14.2 Å². The van der Waals surface area contributed by atoms with Gasteiger partial charge in [-0.2, -0.15) is 5.26 Å². The highest BCUT2D eigenvalue weighted by Crippen LogP contribution is 2.31. The summed E-state index contributed by atoms with van der Waals surface area (Å²) in [6, 6.07) is 8.86. The highest BCUT2D eigenvalue weighted by Gasteiger charge is 2.30. The van der Waals surface area contributed by atoms with E-state index in [9.17, 15) is 14.9 Å². The number of ketones is 1. The van der Waals surface area contributed by atoms with Gasteiger partial charge in [-0.15, -0.1) is 11.3 Å². The van der Waals surface area contributed by atoms with Crippen molar-refractivity contribution < 1.29 is 23.8 Å². The van der Waals surface area contributed by atoms with Gasteiger partial charge in [0.05, 0.1) is 6.07 Å². The van der Waals surface area contributed by atoms with E-state index < -0.39 is 30.4 Å². The highest BCUT2D eigenvalue weighted by atomic mass is 32.1. The summed E-state index contributed by atoms with van der Waals surface area (Å²) in [5.41, 5.74) is 0.733. The van der Waals surface area contributed by atoms with Crippen LogP contribution in [0.5, 0.6) is 11.5 Å². The summed E-state index contributed by atoms with van der Waals surface area (Å²) in [4.78, 5) is 28.4. The fourth-order valence-electron chi connectivity index (χ4n) is 2.22. The molecule has 2 aromatic rings. The Morgan fingerprint density at radius 2 is 2.20 bits per heavy atom. The van der Waals surface area contributed by atoms with Gasteiger partial charge in [-0.3, -0.25) is 4.79 Å². The number of fused-ring (bicyclic) bond motifs is 1. The lowest BCUT2D eigenvalue weighted by atomic mass is 10.1. The maximum atomic E-state index is 12.2. The maximum Gasteiger partial charge on any atom is 0.351 e. The van der Waals surface area contributed by atoms with Crippen LogP contribution in [0.3, 0.4) is 0 Å². The second-order valence-electron chi connectivity index (χ2n) is 5.33. The Balaban J connectivity index is 1.57. The standard InChI is InChI=1S/C17H14N2O5S/c1-10-9-25-16(19-10)11(6-18)12(20)7-23-17(21)15-8-22-13-4-2-3-5-14(13)24-15/h2-5,9,11,15H,7-8H2,1H3/t11-,15+/m1/s1. The van der Waals surface area contributed by atoms with Crippen molar-refractivity contribution in [1.29, 1.82) is 5.26 Å². The molecule has 0 aliphatic carbocycles. The molecule has 2 atom stereocenters. The number of para-hydroxylation sites is 2. The van der Waals surface area contributed by atoms with Crippen LogP contribution in [0.4, 0.5) is 0 Å². The van der Waals surface area contributed by atoms with Gasteiger partial charge in [-0.1, -0.05) is 12.1 Å². The molecule has 0 unspecified atom stereocenters. The number of nitrogens with zero attached hydrogens (tertiary/aromatic N) is 2. The number of esters is 1. The summed E-state index contributed by atoms with van der Waals surface area (Å²) in [5, 5.41) is 11.3. The second kappa shape index (κ2) is 7.32. The molecule has 0 fully saturated rings. The Labute approximate surface area is 147 Å². The first-order valence-electron chi connectivity index (χ1n) is 7.48. The molecular weight excluding hydrogens is 344 g/mol. The molecule has 7 nitrogen and oxygen atoms in total. The molecule has 0 N–H and O–H groups in total. The summed E-state index contributed by atoms with van der Waals surface area (Å²) < 4.78 is 15.9. The molecule has 0 bridgehead atoms. The van der Waals surface area contributed by atoms with Gasteiger partial charge in [0.25, 0.3) is 0 Å². The van der Waals surface area contributed by atoms with Crippen LogP contribution in [0.1, 0.15) is 16.6 Å². The number of benzene rings is 1. The normalized spacial score (nSPS) is 16.6. The van der Waals surface area contributed by atoms with E-state index in [-0.39, 0.29) is 6.61 Å². The Morgan fingerprint density at radius 1 is 1.44 bits per heavy atom. The molecule has 25 heavy (non-hydrogen) atoms. The average molecular weight is 358 g/mol. The van der Waals surface area contributed by atoms with Crippen molar-refractivity contribution in [2.75, 3.05) is 13.2 Å². The van der Waals surface area contributed by atoms with Crippen LogP contribution in [-0.4, -0.2) is 36.1 Å². The summed E-state index contributed by atoms with van der Waals surface area (Å²) in [7, 11) is 0. The van der Waals surface area contributed by atoms with Gasteiger partial charge in [0.15, 0.2) is 29.8 Å². The molecule has 1 aliphatic heterocycles. The lowest BCUT2D eigenvalue weighted by molar-refractivity contribution is -0.157. The van der Waals surface area contributed by atoms with Crippen LogP contribution < -0.4 is 9.47 Å². The van der Waals surface area contributed by atoms with Crippen LogP contribution in [-0.2, 0) is 14.3 Å². The molecule has 0 spiro atoms. The molecule has 1 aromatic heterocycles. The number of hydrogen-bond acceptors (Lipinski definition) is 8. The molecule has 0 radical (unpaired) electrons. The van der Waals surface area contributed by atoms with Crippen LogP contribution in [0.15, 0.2) is 29.6 Å².